The average molecular weight is 251 g/mol. The van der Waals surface area contributed by atoms with Crippen LogP contribution in [0.15, 0.2) is 24.4 Å². The summed E-state index contributed by atoms with van der Waals surface area (Å²) in [6, 6.07) is 4.04. The molecule has 0 saturated carbocycles. The number of carbonyl (C=O) groups is 1. The molecule has 1 aromatic heterocycles. The van der Waals surface area contributed by atoms with Gasteiger partial charge in [-0.05, 0) is 25.1 Å². The highest BCUT2D eigenvalue weighted by Gasteiger charge is 2.10. The Bertz CT molecular complexity index is 568. The number of nitrogens with one attached hydrogen (secondary N) is 1. The number of benzene rings is 1. The Labute approximate surface area is 101 Å². The van der Waals surface area contributed by atoms with Gasteiger partial charge < -0.3 is 11.1 Å². The first kappa shape index (κ1) is 11.5. The molecule has 4 nitrogen and oxygen atoms in total. The number of aryl methyl sites for hydroxylation is 1. The molecule has 1 aromatic carbocycles. The number of thiazole rings is 1. The number of nitrogen functional groups attached to an aromatic ring is 1. The van der Waals surface area contributed by atoms with Gasteiger partial charge in [-0.1, -0.05) is 0 Å². The number of anilines is 2. The monoisotopic (exact) mass is 251 g/mol. The molecule has 88 valence electrons. The molecule has 0 saturated heterocycles. The van der Waals surface area contributed by atoms with Crippen molar-refractivity contribution in [2.75, 3.05) is 11.1 Å². The molecule has 6 heteroatoms. The number of nitrogens with two attached hydrogens (primary N) is 1. The summed E-state index contributed by atoms with van der Waals surface area (Å²) >= 11 is 1.29. The third-order valence-corrected chi connectivity index (χ3v) is 3.01. The van der Waals surface area contributed by atoms with E-state index < -0.39 is 5.82 Å². The Kier molecular flexibility index (Phi) is 3.06. The summed E-state index contributed by atoms with van der Waals surface area (Å²) in [7, 11) is 0. The van der Waals surface area contributed by atoms with E-state index in [-0.39, 0.29) is 11.6 Å². The number of rotatable bonds is 2. The lowest BCUT2D eigenvalue weighted by atomic mass is 10.2. The van der Waals surface area contributed by atoms with Crippen molar-refractivity contribution < 1.29 is 9.18 Å². The van der Waals surface area contributed by atoms with E-state index >= 15 is 0 Å². The van der Waals surface area contributed by atoms with Crippen LogP contribution in [0.4, 0.5) is 15.8 Å². The Hall–Kier alpha value is -1.95. The number of aromatic nitrogens is 1. The van der Waals surface area contributed by atoms with Crippen molar-refractivity contribution in [1.29, 1.82) is 0 Å². The van der Waals surface area contributed by atoms with Crippen LogP contribution in [-0.4, -0.2) is 10.9 Å². The molecule has 0 aliphatic heterocycles. The molecular formula is C11H10FN3OS. The molecule has 2 aromatic rings. The van der Waals surface area contributed by atoms with Crippen LogP contribution in [-0.2, 0) is 0 Å². The minimum Gasteiger partial charge on any atom is -0.396 e. The number of hydrogen-bond acceptors (Lipinski definition) is 4. The van der Waals surface area contributed by atoms with Crippen molar-refractivity contribution in [3.05, 3.63) is 40.1 Å². The average Bonchev–Trinajstić information content (AvgIpc) is 2.70. The maximum Gasteiger partial charge on any atom is 0.267 e. The summed E-state index contributed by atoms with van der Waals surface area (Å²) < 4.78 is 12.9. The second-order valence-electron chi connectivity index (χ2n) is 3.43. The summed E-state index contributed by atoms with van der Waals surface area (Å²) in [4.78, 5) is 16.2. The summed E-state index contributed by atoms with van der Waals surface area (Å²) in [5, 5.41) is 3.44. The topological polar surface area (TPSA) is 68.0 Å². The first-order chi connectivity index (χ1) is 8.06. The third-order valence-electron chi connectivity index (χ3n) is 2.10. The highest BCUT2D eigenvalue weighted by Crippen LogP contribution is 2.18. The van der Waals surface area contributed by atoms with E-state index in [0.29, 0.717) is 10.6 Å². The van der Waals surface area contributed by atoms with Gasteiger partial charge in [-0.2, -0.15) is 0 Å². The van der Waals surface area contributed by atoms with Crippen LogP contribution in [0, 0.1) is 12.7 Å². The zero-order valence-electron chi connectivity index (χ0n) is 9.03. The van der Waals surface area contributed by atoms with Gasteiger partial charge in [0, 0.05) is 5.69 Å². The normalized spacial score (nSPS) is 10.2. The van der Waals surface area contributed by atoms with Gasteiger partial charge in [0.25, 0.3) is 5.91 Å². The summed E-state index contributed by atoms with van der Waals surface area (Å²) in [6.07, 6.45) is 1.50. The van der Waals surface area contributed by atoms with Crippen LogP contribution in [0.3, 0.4) is 0 Å². The predicted molar refractivity (Wildman–Crippen MR) is 65.6 cm³/mol. The summed E-state index contributed by atoms with van der Waals surface area (Å²) in [5.74, 6) is -0.779. The Morgan fingerprint density at radius 3 is 2.88 bits per heavy atom. The molecule has 3 N–H and O–H groups in total. The number of nitrogens with zero attached hydrogens (tertiary/aromatic N) is 1. The molecule has 0 radical (unpaired) electrons. The van der Waals surface area contributed by atoms with Crippen molar-refractivity contribution in [2.45, 2.75) is 6.92 Å². The molecule has 1 amide bonds. The highest BCUT2D eigenvalue weighted by atomic mass is 32.1. The highest BCUT2D eigenvalue weighted by molar-refractivity contribution is 7.13. The maximum absolute atomic E-state index is 12.9. The molecule has 0 spiro atoms. The molecule has 0 unspecified atom stereocenters. The second-order valence-corrected chi connectivity index (χ2v) is 4.67. The van der Waals surface area contributed by atoms with Gasteiger partial charge in [-0.15, -0.1) is 11.3 Å². The van der Waals surface area contributed by atoms with Gasteiger partial charge in [-0.3, -0.25) is 4.79 Å². The lowest BCUT2D eigenvalue weighted by Crippen LogP contribution is -2.10. The number of amides is 1. The third kappa shape index (κ3) is 2.59. The van der Waals surface area contributed by atoms with Gasteiger partial charge in [0.15, 0.2) is 0 Å². The van der Waals surface area contributed by atoms with Crippen LogP contribution in [0.25, 0.3) is 0 Å². The molecule has 17 heavy (non-hydrogen) atoms. The first-order valence-electron chi connectivity index (χ1n) is 4.85. The Morgan fingerprint density at radius 2 is 2.29 bits per heavy atom. The van der Waals surface area contributed by atoms with E-state index in [2.05, 4.69) is 10.3 Å². The van der Waals surface area contributed by atoms with Crippen molar-refractivity contribution in [3.8, 4) is 0 Å². The molecular weight excluding hydrogens is 241 g/mol. The maximum atomic E-state index is 12.9. The van der Waals surface area contributed by atoms with E-state index in [1.807, 2.05) is 6.92 Å². The van der Waals surface area contributed by atoms with Crippen LogP contribution < -0.4 is 11.1 Å². The van der Waals surface area contributed by atoms with Crippen molar-refractivity contribution in [3.63, 3.8) is 0 Å². The molecule has 0 atom stereocenters. The lowest BCUT2D eigenvalue weighted by molar-refractivity contribution is 0.103. The number of carbonyl (C=O) groups excluding carboxylic acids is 1. The first-order valence-corrected chi connectivity index (χ1v) is 5.67. The van der Waals surface area contributed by atoms with Gasteiger partial charge in [0.1, 0.15) is 10.7 Å². The van der Waals surface area contributed by atoms with E-state index in [4.69, 9.17) is 5.73 Å². The largest absolute Gasteiger partial charge is 0.396 e. The summed E-state index contributed by atoms with van der Waals surface area (Å²) in [5.41, 5.74) is 5.86. The fourth-order valence-electron chi connectivity index (χ4n) is 1.28. The van der Waals surface area contributed by atoms with Gasteiger partial charge >= 0.3 is 0 Å². The fraction of sp³-hybridized carbons (Fsp3) is 0.0909. The number of hydrogen-bond donors (Lipinski definition) is 2. The van der Waals surface area contributed by atoms with Crippen LogP contribution in [0.1, 0.15) is 14.7 Å². The molecule has 1 heterocycles. The van der Waals surface area contributed by atoms with E-state index in [9.17, 15) is 9.18 Å². The fourth-order valence-corrected chi connectivity index (χ4v) is 1.95. The SMILES string of the molecule is Cc1ncc(C(=O)Nc2ccc(F)c(N)c2)s1. The van der Waals surface area contributed by atoms with Crippen molar-refractivity contribution in [1.82, 2.24) is 4.98 Å². The molecule has 2 rings (SSSR count). The predicted octanol–water partition coefficient (Wildman–Crippen LogP) is 2.43. The van der Waals surface area contributed by atoms with Gasteiger partial charge in [0.2, 0.25) is 0 Å². The van der Waals surface area contributed by atoms with Crippen molar-refractivity contribution in [2.24, 2.45) is 0 Å². The Morgan fingerprint density at radius 1 is 1.53 bits per heavy atom. The summed E-state index contributed by atoms with van der Waals surface area (Å²) in [6.45, 7) is 1.82. The minimum absolute atomic E-state index is 0.00304. The second kappa shape index (κ2) is 4.50. The quantitative estimate of drug-likeness (QED) is 0.805. The van der Waals surface area contributed by atoms with Crippen LogP contribution in [0.5, 0.6) is 0 Å². The molecule has 0 bridgehead atoms. The molecule has 0 aliphatic carbocycles. The van der Waals surface area contributed by atoms with Crippen LogP contribution in [0.2, 0.25) is 0 Å². The van der Waals surface area contributed by atoms with E-state index in [1.54, 1.807) is 0 Å². The van der Waals surface area contributed by atoms with Crippen LogP contribution >= 0.6 is 11.3 Å². The molecule has 0 aliphatic rings. The zero-order chi connectivity index (χ0) is 12.4. The standard InChI is InChI=1S/C11H10FN3OS/c1-6-14-5-10(17-6)11(16)15-7-2-3-8(12)9(13)4-7/h2-5H,13H2,1H3,(H,15,16). The number of halogens is 1. The smallest absolute Gasteiger partial charge is 0.267 e. The molecule has 0 fully saturated rings. The Balaban J connectivity index is 2.15. The minimum atomic E-state index is -0.503. The van der Waals surface area contributed by atoms with Crippen molar-refractivity contribution >= 4 is 28.6 Å². The van der Waals surface area contributed by atoms with E-state index in [1.165, 1.54) is 35.7 Å². The van der Waals surface area contributed by atoms with E-state index in [0.717, 1.165) is 5.01 Å². The van der Waals surface area contributed by atoms with Gasteiger partial charge in [0.05, 0.1) is 16.9 Å². The zero-order valence-corrected chi connectivity index (χ0v) is 9.84. The lowest BCUT2D eigenvalue weighted by Gasteiger charge is -2.04. The van der Waals surface area contributed by atoms with Gasteiger partial charge in [-0.25, -0.2) is 9.37 Å².